The molecule has 0 aliphatic carbocycles. The lowest BCUT2D eigenvalue weighted by atomic mass is 10.1. The molecule has 37 heavy (non-hydrogen) atoms. The molecule has 1 aliphatic rings. The van der Waals surface area contributed by atoms with Gasteiger partial charge in [0.2, 0.25) is 5.95 Å². The van der Waals surface area contributed by atoms with Crippen LogP contribution in [0.5, 0.6) is 5.75 Å². The number of ether oxygens (including phenoxy) is 1. The molecule has 0 saturated heterocycles. The monoisotopic (exact) mass is 536 g/mol. The molecule has 1 amide bonds. The normalized spacial score (nSPS) is 13.2. The minimum absolute atomic E-state index is 0.0686. The van der Waals surface area contributed by atoms with Gasteiger partial charge in [0.25, 0.3) is 11.5 Å². The number of carbonyl (C=O) groups excluding carboxylic acids is 1. The largest absolute Gasteiger partial charge is 0.484 e. The van der Waals surface area contributed by atoms with Gasteiger partial charge in [-0.05, 0) is 48.4 Å². The van der Waals surface area contributed by atoms with Gasteiger partial charge in [0.15, 0.2) is 6.61 Å². The maximum atomic E-state index is 13.1. The van der Waals surface area contributed by atoms with Gasteiger partial charge in [-0.3, -0.25) is 9.59 Å². The zero-order valence-electron chi connectivity index (χ0n) is 19.8. The summed E-state index contributed by atoms with van der Waals surface area (Å²) in [6, 6.07) is 11.5. The van der Waals surface area contributed by atoms with Crippen LogP contribution < -0.4 is 20.5 Å². The fraction of sp³-hybridized carbons (Fsp3) is 0.320. The molecule has 1 aliphatic heterocycles. The van der Waals surface area contributed by atoms with Crippen LogP contribution in [0.3, 0.4) is 0 Å². The lowest BCUT2D eigenvalue weighted by Gasteiger charge is -2.28. The highest BCUT2D eigenvalue weighted by Gasteiger charge is 2.30. The average Bonchev–Trinajstić information content (AvgIpc) is 2.88. The third kappa shape index (κ3) is 6.34. The second-order valence-corrected chi connectivity index (χ2v) is 8.76. The van der Waals surface area contributed by atoms with E-state index in [-0.39, 0.29) is 25.0 Å². The molecule has 0 unspecified atom stereocenters. The van der Waals surface area contributed by atoms with Crippen molar-refractivity contribution in [3.8, 4) is 5.75 Å². The van der Waals surface area contributed by atoms with Crippen LogP contribution in [0.25, 0.3) is 0 Å². The summed E-state index contributed by atoms with van der Waals surface area (Å²) in [7, 11) is 1.32. The van der Waals surface area contributed by atoms with Gasteiger partial charge in [-0.25, -0.2) is 4.98 Å². The molecule has 8 nitrogen and oxygen atoms in total. The van der Waals surface area contributed by atoms with E-state index < -0.39 is 17.3 Å². The van der Waals surface area contributed by atoms with Gasteiger partial charge in [-0.1, -0.05) is 23.7 Å². The number of hydrogen-bond acceptors (Lipinski definition) is 6. The van der Waals surface area contributed by atoms with Crippen LogP contribution in [0, 0.1) is 0 Å². The van der Waals surface area contributed by atoms with Crippen LogP contribution in [0.1, 0.15) is 22.4 Å². The van der Waals surface area contributed by atoms with Gasteiger partial charge in [-0.15, -0.1) is 4.73 Å². The van der Waals surface area contributed by atoms with E-state index in [1.807, 2.05) is 0 Å². The second kappa shape index (κ2) is 11.1. The molecule has 2 aromatic carbocycles. The number of aromatic nitrogens is 2. The van der Waals surface area contributed by atoms with Crippen LogP contribution in [0.15, 0.2) is 53.3 Å². The molecule has 4 rings (SSSR count). The van der Waals surface area contributed by atoms with Crippen molar-refractivity contribution in [2.45, 2.75) is 25.6 Å². The molecular weight excluding hydrogens is 513 g/mol. The van der Waals surface area contributed by atoms with Gasteiger partial charge in [0, 0.05) is 24.5 Å². The summed E-state index contributed by atoms with van der Waals surface area (Å²) in [5, 5.41) is 3.58. The molecule has 0 radical (unpaired) electrons. The molecule has 12 heteroatoms. The summed E-state index contributed by atoms with van der Waals surface area (Å²) >= 11 is 5.85. The number of hydrogen-bond donors (Lipinski definition) is 1. The van der Waals surface area contributed by atoms with Crippen LogP contribution in [-0.2, 0) is 30.4 Å². The van der Waals surface area contributed by atoms with E-state index >= 15 is 0 Å². The second-order valence-electron chi connectivity index (χ2n) is 8.32. The highest BCUT2D eigenvalue weighted by atomic mass is 35.5. The predicted octanol–water partition coefficient (Wildman–Crippen LogP) is 3.59. The first-order chi connectivity index (χ1) is 17.7. The molecule has 0 saturated carbocycles. The van der Waals surface area contributed by atoms with Crippen LogP contribution in [0.4, 0.5) is 19.1 Å². The summed E-state index contributed by atoms with van der Waals surface area (Å²) < 4.78 is 44.8. The SMILES string of the molecule is COn1c(NCCc2ccc(C(F)(F)F)cc2)nc2c(c1=O)CN(C(=O)COc1ccc(Cl)cc1)CC2. The minimum Gasteiger partial charge on any atom is -0.484 e. The Kier molecular flexibility index (Phi) is 7.91. The maximum absolute atomic E-state index is 13.1. The number of benzene rings is 2. The standard InChI is InChI=1S/C25H24ClF3N4O4/c1-36-33-23(35)20-14-32(22(34)15-37-19-8-6-18(26)7-9-19)13-11-21(20)31-24(33)30-12-10-16-2-4-17(5-3-16)25(27,28)29/h2-9H,10-15H2,1H3,(H,30,31). The molecule has 1 aromatic heterocycles. The van der Waals surface area contributed by atoms with Crippen LogP contribution in [-0.4, -0.2) is 47.3 Å². The number of anilines is 1. The number of nitrogens with zero attached hydrogens (tertiary/aromatic N) is 3. The third-order valence-electron chi connectivity index (χ3n) is 5.88. The minimum atomic E-state index is -4.39. The first-order valence-electron chi connectivity index (χ1n) is 11.4. The first kappa shape index (κ1) is 26.3. The number of fused-ring (bicyclic) bond motifs is 1. The summed E-state index contributed by atoms with van der Waals surface area (Å²) in [6.45, 7) is 0.558. The number of amides is 1. The molecule has 0 bridgehead atoms. The highest BCUT2D eigenvalue weighted by molar-refractivity contribution is 6.30. The lowest BCUT2D eigenvalue weighted by Crippen LogP contribution is -2.44. The van der Waals surface area contributed by atoms with E-state index in [1.165, 1.54) is 24.1 Å². The Morgan fingerprint density at radius 3 is 2.49 bits per heavy atom. The Morgan fingerprint density at radius 2 is 1.84 bits per heavy atom. The number of alkyl halides is 3. The number of rotatable bonds is 8. The predicted molar refractivity (Wildman–Crippen MR) is 131 cm³/mol. The van der Waals surface area contributed by atoms with Gasteiger partial charge in [0.1, 0.15) is 12.9 Å². The quantitative estimate of drug-likeness (QED) is 0.474. The van der Waals surface area contributed by atoms with Crippen LogP contribution in [0.2, 0.25) is 5.02 Å². The molecule has 2 heterocycles. The van der Waals surface area contributed by atoms with E-state index in [0.29, 0.717) is 53.5 Å². The van der Waals surface area contributed by atoms with Gasteiger partial charge in [0.05, 0.1) is 23.4 Å². The van der Waals surface area contributed by atoms with E-state index in [0.717, 1.165) is 16.9 Å². The van der Waals surface area contributed by atoms with Crippen LogP contribution >= 0.6 is 11.6 Å². The zero-order valence-corrected chi connectivity index (χ0v) is 20.6. The van der Waals surface area contributed by atoms with Crippen molar-refractivity contribution >= 4 is 23.5 Å². The fourth-order valence-electron chi connectivity index (χ4n) is 3.90. The van der Waals surface area contributed by atoms with Gasteiger partial charge >= 0.3 is 6.18 Å². The van der Waals surface area contributed by atoms with Crippen molar-refractivity contribution in [1.82, 2.24) is 14.6 Å². The van der Waals surface area contributed by atoms with E-state index in [4.69, 9.17) is 21.2 Å². The topological polar surface area (TPSA) is 85.7 Å². The summed E-state index contributed by atoms with van der Waals surface area (Å²) in [6.07, 6.45) is -3.61. The van der Waals surface area contributed by atoms with E-state index in [9.17, 15) is 22.8 Å². The number of carbonyl (C=O) groups is 1. The maximum Gasteiger partial charge on any atom is 0.416 e. The molecule has 0 spiro atoms. The summed E-state index contributed by atoms with van der Waals surface area (Å²) in [4.78, 5) is 37.0. The molecular formula is C25H24ClF3N4O4. The van der Waals surface area contributed by atoms with E-state index in [2.05, 4.69) is 10.3 Å². The van der Waals surface area contributed by atoms with Gasteiger partial charge < -0.3 is 19.8 Å². The smallest absolute Gasteiger partial charge is 0.416 e. The lowest BCUT2D eigenvalue weighted by molar-refractivity contribution is -0.137. The zero-order chi connectivity index (χ0) is 26.6. The average molecular weight is 537 g/mol. The Bertz CT molecular complexity index is 1310. The van der Waals surface area contributed by atoms with E-state index in [1.54, 1.807) is 24.3 Å². The third-order valence-corrected chi connectivity index (χ3v) is 6.13. The molecule has 1 N–H and O–H groups in total. The summed E-state index contributed by atoms with van der Waals surface area (Å²) in [5.74, 6) is 0.414. The molecule has 3 aromatic rings. The first-order valence-corrected chi connectivity index (χ1v) is 11.8. The van der Waals surface area contributed by atoms with Crippen molar-refractivity contribution < 1.29 is 27.5 Å². The Hall–Kier alpha value is -3.73. The Labute approximate surface area is 215 Å². The molecule has 0 fully saturated rings. The molecule has 196 valence electrons. The highest BCUT2D eigenvalue weighted by Crippen LogP contribution is 2.29. The van der Waals surface area contributed by atoms with Gasteiger partial charge in [-0.2, -0.15) is 13.2 Å². The Morgan fingerprint density at radius 1 is 1.14 bits per heavy atom. The van der Waals surface area contributed by atoms with Crippen molar-refractivity contribution in [1.29, 1.82) is 0 Å². The van der Waals surface area contributed by atoms with Crippen molar-refractivity contribution in [2.75, 3.05) is 32.1 Å². The van der Waals surface area contributed by atoms with Crippen molar-refractivity contribution in [2.24, 2.45) is 0 Å². The van der Waals surface area contributed by atoms with Crippen molar-refractivity contribution in [3.63, 3.8) is 0 Å². The number of nitrogens with one attached hydrogen (secondary N) is 1. The van der Waals surface area contributed by atoms with Crippen molar-refractivity contribution in [3.05, 3.63) is 86.3 Å². The summed E-state index contributed by atoms with van der Waals surface area (Å²) in [5.41, 5.74) is 0.442. The Balaban J connectivity index is 1.39. The fourth-order valence-corrected chi connectivity index (χ4v) is 4.03. The number of halogens is 4. The molecule has 0 atom stereocenters.